The maximum absolute atomic E-state index is 6.13. The lowest BCUT2D eigenvalue weighted by molar-refractivity contribution is 0.340. The molecule has 0 N–H and O–H groups in total. The van der Waals surface area contributed by atoms with Crippen LogP contribution in [0, 0.1) is 5.92 Å². The van der Waals surface area contributed by atoms with Gasteiger partial charge in [0.15, 0.2) is 0 Å². The van der Waals surface area contributed by atoms with Gasteiger partial charge in [0.25, 0.3) is 0 Å². The SMILES string of the molecule is CCOc1ccc(C2C(C)C2(Cl)Cl)cc1. The minimum atomic E-state index is -0.576. The van der Waals surface area contributed by atoms with E-state index in [1.54, 1.807) is 0 Å². The first kappa shape index (κ1) is 11.1. The van der Waals surface area contributed by atoms with Gasteiger partial charge < -0.3 is 4.74 Å². The molecule has 1 aliphatic carbocycles. The highest BCUT2D eigenvalue weighted by Crippen LogP contribution is 2.64. The number of hydrogen-bond donors (Lipinski definition) is 0. The minimum Gasteiger partial charge on any atom is -0.494 e. The van der Waals surface area contributed by atoms with Gasteiger partial charge in [-0.15, -0.1) is 23.2 Å². The number of alkyl halides is 2. The molecule has 0 spiro atoms. The Labute approximate surface area is 100 Å². The van der Waals surface area contributed by atoms with E-state index in [9.17, 15) is 0 Å². The lowest BCUT2D eigenvalue weighted by Gasteiger charge is -2.04. The molecule has 0 bridgehead atoms. The van der Waals surface area contributed by atoms with Crippen LogP contribution in [0.25, 0.3) is 0 Å². The summed E-state index contributed by atoms with van der Waals surface area (Å²) in [5.41, 5.74) is 1.19. The highest BCUT2D eigenvalue weighted by molar-refractivity contribution is 6.51. The Hall–Kier alpha value is -0.400. The zero-order valence-corrected chi connectivity index (χ0v) is 10.3. The van der Waals surface area contributed by atoms with E-state index in [4.69, 9.17) is 27.9 Å². The van der Waals surface area contributed by atoms with E-state index < -0.39 is 4.33 Å². The molecule has 0 aromatic heterocycles. The molecule has 82 valence electrons. The first-order valence-electron chi connectivity index (χ1n) is 5.18. The fraction of sp³-hybridized carbons (Fsp3) is 0.500. The van der Waals surface area contributed by atoms with Crippen LogP contribution in [0.3, 0.4) is 0 Å². The third-order valence-electron chi connectivity index (χ3n) is 2.96. The number of rotatable bonds is 3. The normalized spacial score (nSPS) is 27.5. The Morgan fingerprint density at radius 1 is 1.27 bits per heavy atom. The van der Waals surface area contributed by atoms with Gasteiger partial charge in [0, 0.05) is 5.92 Å². The quantitative estimate of drug-likeness (QED) is 0.731. The molecule has 2 atom stereocenters. The Kier molecular flexibility index (Phi) is 2.87. The molecule has 0 saturated heterocycles. The van der Waals surface area contributed by atoms with Crippen LogP contribution in [-0.4, -0.2) is 10.9 Å². The van der Waals surface area contributed by atoms with E-state index in [-0.39, 0.29) is 5.92 Å². The van der Waals surface area contributed by atoms with Crippen LogP contribution in [0.4, 0.5) is 0 Å². The van der Waals surface area contributed by atoms with Crippen LogP contribution < -0.4 is 4.74 Å². The van der Waals surface area contributed by atoms with Crippen molar-refractivity contribution in [2.45, 2.75) is 24.1 Å². The summed E-state index contributed by atoms with van der Waals surface area (Å²) in [5, 5.41) is 0. The summed E-state index contributed by atoms with van der Waals surface area (Å²) in [6, 6.07) is 8.01. The van der Waals surface area contributed by atoms with Gasteiger partial charge in [0.1, 0.15) is 10.1 Å². The van der Waals surface area contributed by atoms with E-state index in [1.165, 1.54) is 5.56 Å². The van der Waals surface area contributed by atoms with Crippen molar-refractivity contribution in [2.75, 3.05) is 6.61 Å². The standard InChI is InChI=1S/C12H14Cl2O/c1-3-15-10-6-4-9(5-7-10)11-8(2)12(11,13)14/h4-8,11H,3H2,1-2H3. The second-order valence-electron chi connectivity index (χ2n) is 3.94. The summed E-state index contributed by atoms with van der Waals surface area (Å²) < 4.78 is 4.80. The fourth-order valence-electron chi connectivity index (χ4n) is 1.93. The molecule has 0 heterocycles. The van der Waals surface area contributed by atoms with E-state index >= 15 is 0 Å². The highest BCUT2D eigenvalue weighted by Gasteiger charge is 2.60. The molecule has 15 heavy (non-hydrogen) atoms. The van der Waals surface area contributed by atoms with Crippen LogP contribution >= 0.6 is 23.2 Å². The average Bonchev–Trinajstić information content (AvgIpc) is 2.69. The first-order chi connectivity index (χ1) is 7.07. The van der Waals surface area contributed by atoms with Crippen LogP contribution in [0.5, 0.6) is 5.75 Å². The molecule has 1 aromatic rings. The Bertz CT molecular complexity index is 345. The minimum absolute atomic E-state index is 0.261. The van der Waals surface area contributed by atoms with Crippen molar-refractivity contribution in [2.24, 2.45) is 5.92 Å². The van der Waals surface area contributed by atoms with Crippen molar-refractivity contribution >= 4 is 23.2 Å². The topological polar surface area (TPSA) is 9.23 Å². The van der Waals surface area contributed by atoms with Gasteiger partial charge in [-0.25, -0.2) is 0 Å². The van der Waals surface area contributed by atoms with Gasteiger partial charge in [0.2, 0.25) is 0 Å². The molecule has 2 unspecified atom stereocenters. The van der Waals surface area contributed by atoms with Crippen LogP contribution in [0.2, 0.25) is 0 Å². The van der Waals surface area contributed by atoms with Gasteiger partial charge in [-0.3, -0.25) is 0 Å². The maximum atomic E-state index is 6.13. The molecule has 1 fully saturated rings. The third-order valence-corrected chi connectivity index (χ3v) is 4.12. The van der Waals surface area contributed by atoms with E-state index in [1.807, 2.05) is 31.2 Å². The Morgan fingerprint density at radius 3 is 2.20 bits per heavy atom. The molecule has 2 rings (SSSR count). The Balaban J connectivity index is 2.12. The van der Waals surface area contributed by atoms with Crippen molar-refractivity contribution in [1.29, 1.82) is 0 Å². The zero-order valence-electron chi connectivity index (χ0n) is 8.84. The van der Waals surface area contributed by atoms with Gasteiger partial charge in [-0.05, 0) is 30.5 Å². The summed E-state index contributed by atoms with van der Waals surface area (Å²) in [5.74, 6) is 1.49. The van der Waals surface area contributed by atoms with Gasteiger partial charge in [-0.2, -0.15) is 0 Å². The lowest BCUT2D eigenvalue weighted by atomic mass is 10.1. The molecular formula is C12H14Cl2O. The Morgan fingerprint density at radius 2 is 1.80 bits per heavy atom. The van der Waals surface area contributed by atoms with Crippen LogP contribution in [-0.2, 0) is 0 Å². The van der Waals surface area contributed by atoms with Crippen molar-refractivity contribution < 1.29 is 4.74 Å². The predicted octanol–water partition coefficient (Wildman–Crippen LogP) is 3.99. The molecule has 0 amide bonds. The molecular weight excluding hydrogens is 231 g/mol. The molecule has 0 radical (unpaired) electrons. The first-order valence-corrected chi connectivity index (χ1v) is 5.93. The number of hydrogen-bond acceptors (Lipinski definition) is 1. The zero-order chi connectivity index (χ0) is 11.1. The number of ether oxygens (including phenoxy) is 1. The smallest absolute Gasteiger partial charge is 0.128 e. The van der Waals surface area contributed by atoms with E-state index in [0.717, 1.165) is 5.75 Å². The van der Waals surface area contributed by atoms with Crippen molar-refractivity contribution in [3.63, 3.8) is 0 Å². The van der Waals surface area contributed by atoms with Gasteiger partial charge in [-0.1, -0.05) is 19.1 Å². The van der Waals surface area contributed by atoms with Gasteiger partial charge >= 0.3 is 0 Å². The molecule has 1 saturated carbocycles. The molecule has 3 heteroatoms. The predicted molar refractivity (Wildman–Crippen MR) is 64.0 cm³/mol. The third kappa shape index (κ3) is 1.95. The summed E-state index contributed by atoms with van der Waals surface area (Å²) in [4.78, 5) is 0. The molecule has 0 aliphatic heterocycles. The fourth-order valence-corrected chi connectivity index (χ4v) is 2.68. The van der Waals surface area contributed by atoms with Crippen LogP contribution in [0.1, 0.15) is 25.3 Å². The lowest BCUT2D eigenvalue weighted by Crippen LogP contribution is -1.93. The number of halogens is 2. The second-order valence-corrected chi connectivity index (χ2v) is 5.39. The molecule has 1 aliphatic rings. The maximum Gasteiger partial charge on any atom is 0.128 e. The van der Waals surface area contributed by atoms with E-state index in [2.05, 4.69) is 6.92 Å². The number of benzene rings is 1. The summed E-state index contributed by atoms with van der Waals surface area (Å²) >= 11 is 12.3. The summed E-state index contributed by atoms with van der Waals surface area (Å²) in [6.07, 6.45) is 0. The van der Waals surface area contributed by atoms with E-state index in [0.29, 0.717) is 12.5 Å². The molecule has 1 aromatic carbocycles. The van der Waals surface area contributed by atoms with Crippen molar-refractivity contribution in [1.82, 2.24) is 0 Å². The summed E-state index contributed by atoms with van der Waals surface area (Å²) in [6.45, 7) is 4.73. The highest BCUT2D eigenvalue weighted by atomic mass is 35.5. The summed E-state index contributed by atoms with van der Waals surface area (Å²) in [7, 11) is 0. The van der Waals surface area contributed by atoms with Crippen LogP contribution in [0.15, 0.2) is 24.3 Å². The monoisotopic (exact) mass is 244 g/mol. The molecule has 1 nitrogen and oxygen atoms in total. The average molecular weight is 245 g/mol. The second kappa shape index (κ2) is 3.88. The van der Waals surface area contributed by atoms with Crippen molar-refractivity contribution in [3.8, 4) is 5.75 Å². The largest absolute Gasteiger partial charge is 0.494 e. The van der Waals surface area contributed by atoms with Crippen molar-refractivity contribution in [3.05, 3.63) is 29.8 Å². The van der Waals surface area contributed by atoms with Gasteiger partial charge in [0.05, 0.1) is 6.61 Å².